The summed E-state index contributed by atoms with van der Waals surface area (Å²) in [5.41, 5.74) is 1.70. The first-order chi connectivity index (χ1) is 13.3. The maximum absolute atomic E-state index is 12.7. The summed E-state index contributed by atoms with van der Waals surface area (Å²) in [6.07, 6.45) is 1.68. The van der Waals surface area contributed by atoms with E-state index in [9.17, 15) is 9.59 Å². The quantitative estimate of drug-likeness (QED) is 0.327. The molecule has 2 aromatic heterocycles. The zero-order valence-electron chi connectivity index (χ0n) is 16.3. The van der Waals surface area contributed by atoms with Gasteiger partial charge >= 0.3 is 0 Å². The molecule has 3 rings (SSSR count). The number of benzene rings is 1. The van der Waals surface area contributed by atoms with Crippen molar-refractivity contribution in [3.8, 4) is 0 Å². The largest absolute Gasteiger partial charge is 0.374 e. The molecule has 0 aliphatic rings. The molecule has 8 heteroatoms. The van der Waals surface area contributed by atoms with E-state index in [1.807, 2.05) is 24.3 Å². The number of aromatic nitrogens is 2. The number of rotatable bonds is 9. The van der Waals surface area contributed by atoms with Crippen molar-refractivity contribution < 1.29 is 18.8 Å². The second-order valence-corrected chi connectivity index (χ2v) is 8.36. The van der Waals surface area contributed by atoms with Crippen molar-refractivity contribution in [1.82, 2.24) is 15.3 Å². The van der Waals surface area contributed by atoms with Crippen molar-refractivity contribution in [2.45, 2.75) is 0 Å². The molecular formula is C20H25N4O3S+. The monoisotopic (exact) mass is 401 g/mol. The summed E-state index contributed by atoms with van der Waals surface area (Å²) in [4.78, 5) is 32.3. The average molecular weight is 402 g/mol. The van der Waals surface area contributed by atoms with E-state index in [1.54, 1.807) is 11.6 Å². The van der Waals surface area contributed by atoms with E-state index in [-0.39, 0.29) is 17.4 Å². The van der Waals surface area contributed by atoms with Crippen LogP contribution in [0.4, 0.5) is 0 Å². The van der Waals surface area contributed by atoms with Crippen molar-refractivity contribution in [3.63, 3.8) is 0 Å². The smallest absolute Gasteiger partial charge is 0.270 e. The molecule has 0 bridgehead atoms. The summed E-state index contributed by atoms with van der Waals surface area (Å²) in [7, 11) is 6.30. The maximum Gasteiger partial charge on any atom is 0.270 e. The molecule has 0 fully saturated rings. The number of ketones is 1. The third-order valence-electron chi connectivity index (χ3n) is 4.20. The van der Waals surface area contributed by atoms with Crippen LogP contribution in [-0.4, -0.2) is 73.6 Å². The second kappa shape index (κ2) is 8.64. The van der Waals surface area contributed by atoms with E-state index in [2.05, 4.69) is 36.4 Å². The highest BCUT2D eigenvalue weighted by Crippen LogP contribution is 2.22. The number of aromatic amines is 1. The molecule has 3 aromatic rings. The molecule has 0 saturated heterocycles. The lowest BCUT2D eigenvalue weighted by Gasteiger charge is -2.23. The lowest BCUT2D eigenvalue weighted by Crippen LogP contribution is -2.38. The average Bonchev–Trinajstić information content (AvgIpc) is 3.30. The summed E-state index contributed by atoms with van der Waals surface area (Å²) in [5, 5.41) is 5.52. The minimum Gasteiger partial charge on any atom is -0.374 e. The van der Waals surface area contributed by atoms with E-state index in [0.717, 1.165) is 21.9 Å². The summed E-state index contributed by atoms with van der Waals surface area (Å²) in [6, 6.07) is 7.59. The van der Waals surface area contributed by atoms with Crippen molar-refractivity contribution >= 4 is 33.9 Å². The zero-order chi connectivity index (χ0) is 20.1. The topological polar surface area (TPSA) is 84.1 Å². The number of para-hydroxylation sites is 1. The number of fused-ring (bicyclic) bond motifs is 1. The van der Waals surface area contributed by atoms with Crippen molar-refractivity contribution in [3.05, 3.63) is 52.1 Å². The Bertz CT molecular complexity index is 971. The summed E-state index contributed by atoms with van der Waals surface area (Å²) < 4.78 is 6.36. The Hall–Kier alpha value is -2.55. The van der Waals surface area contributed by atoms with Crippen LogP contribution in [0.15, 0.2) is 35.8 Å². The first-order valence-corrected chi connectivity index (χ1v) is 9.96. The number of carbonyl (C=O) groups is 2. The molecule has 148 valence electrons. The summed E-state index contributed by atoms with van der Waals surface area (Å²) >= 11 is 1.17. The highest BCUT2D eigenvalue weighted by molar-refractivity contribution is 7.12. The van der Waals surface area contributed by atoms with Gasteiger partial charge in [0, 0.05) is 29.0 Å². The Labute approximate surface area is 167 Å². The number of ether oxygens (including phenoxy) is 1. The second-order valence-electron chi connectivity index (χ2n) is 7.50. The highest BCUT2D eigenvalue weighted by atomic mass is 32.1. The minimum atomic E-state index is -0.301. The fourth-order valence-corrected chi connectivity index (χ4v) is 3.38. The number of nitrogens with one attached hydrogen (secondary N) is 2. The number of amides is 1. The van der Waals surface area contributed by atoms with Crippen molar-refractivity contribution in [2.24, 2.45) is 0 Å². The van der Waals surface area contributed by atoms with Crippen LogP contribution in [0.2, 0.25) is 0 Å². The number of carbonyl (C=O) groups excluding carboxylic acids is 2. The fraction of sp³-hybridized carbons (Fsp3) is 0.350. The molecule has 1 aromatic carbocycles. The number of H-pyrrole nitrogens is 1. The molecular weight excluding hydrogens is 376 g/mol. The standard InChI is InChI=1S/C20H24N4O3S/c1-24(2,3)9-11-27-10-8-21-19(26)17-13-28-20(23-17)18(25)15-12-22-16-7-5-4-6-14(15)16/h4-7,12-13H,8-11H2,1-3H3,(H-,21,22,25,26)/p+1. The molecule has 0 radical (unpaired) electrons. The SMILES string of the molecule is C[N+](C)(C)CCOCCNC(=O)c1csc(C(=O)c2c[nH]c3ccccc23)n1. The van der Waals surface area contributed by atoms with Crippen LogP contribution in [0, 0.1) is 0 Å². The van der Waals surface area contributed by atoms with Gasteiger partial charge in [0.2, 0.25) is 5.78 Å². The Balaban J connectivity index is 1.53. The number of hydrogen-bond acceptors (Lipinski definition) is 5. The van der Waals surface area contributed by atoms with Crippen LogP contribution >= 0.6 is 11.3 Å². The molecule has 2 heterocycles. The van der Waals surface area contributed by atoms with Crippen LogP contribution in [0.5, 0.6) is 0 Å². The number of quaternary nitrogens is 1. The molecule has 0 spiro atoms. The van der Waals surface area contributed by atoms with E-state index in [4.69, 9.17) is 4.74 Å². The molecule has 28 heavy (non-hydrogen) atoms. The van der Waals surface area contributed by atoms with Crippen LogP contribution in [-0.2, 0) is 4.74 Å². The molecule has 0 unspecified atom stereocenters. The number of likely N-dealkylation sites (N-methyl/N-ethyl adjacent to an activating group) is 1. The number of thiazole rings is 1. The number of nitrogens with zero attached hydrogens (tertiary/aromatic N) is 2. The first-order valence-electron chi connectivity index (χ1n) is 9.08. The Kier molecular flexibility index (Phi) is 6.23. The van der Waals surface area contributed by atoms with Gasteiger partial charge in [-0.1, -0.05) is 18.2 Å². The molecule has 0 aliphatic carbocycles. The molecule has 0 atom stereocenters. The van der Waals surface area contributed by atoms with Gasteiger partial charge in [0.15, 0.2) is 5.01 Å². The van der Waals surface area contributed by atoms with Crippen molar-refractivity contribution in [1.29, 1.82) is 0 Å². The van der Waals surface area contributed by atoms with Crippen LogP contribution in [0.25, 0.3) is 10.9 Å². The van der Waals surface area contributed by atoms with Gasteiger partial charge in [-0.2, -0.15) is 0 Å². The van der Waals surface area contributed by atoms with E-state index >= 15 is 0 Å². The van der Waals surface area contributed by atoms with Gasteiger partial charge in [0.25, 0.3) is 5.91 Å². The van der Waals surface area contributed by atoms with Gasteiger partial charge in [0.05, 0.1) is 39.9 Å². The minimum absolute atomic E-state index is 0.190. The van der Waals surface area contributed by atoms with Gasteiger partial charge in [-0.3, -0.25) is 9.59 Å². The molecule has 2 N–H and O–H groups in total. The summed E-state index contributed by atoms with van der Waals surface area (Å²) in [6.45, 7) is 2.38. The zero-order valence-corrected chi connectivity index (χ0v) is 17.1. The van der Waals surface area contributed by atoms with Gasteiger partial charge in [0.1, 0.15) is 12.2 Å². The third kappa shape index (κ3) is 5.03. The van der Waals surface area contributed by atoms with Gasteiger partial charge in [-0.15, -0.1) is 11.3 Å². The molecule has 7 nitrogen and oxygen atoms in total. The van der Waals surface area contributed by atoms with E-state index in [1.165, 1.54) is 11.3 Å². The Morgan fingerprint density at radius 3 is 2.79 bits per heavy atom. The highest BCUT2D eigenvalue weighted by Gasteiger charge is 2.19. The molecule has 0 aliphatic heterocycles. The van der Waals surface area contributed by atoms with Crippen LogP contribution in [0.3, 0.4) is 0 Å². The van der Waals surface area contributed by atoms with Gasteiger partial charge in [-0.25, -0.2) is 4.98 Å². The van der Waals surface area contributed by atoms with Crippen molar-refractivity contribution in [2.75, 3.05) is 47.4 Å². The first kappa shape index (κ1) is 20.2. The lowest BCUT2D eigenvalue weighted by atomic mass is 10.1. The summed E-state index contributed by atoms with van der Waals surface area (Å²) in [5.74, 6) is -0.491. The van der Waals surface area contributed by atoms with Crippen LogP contribution in [0.1, 0.15) is 25.9 Å². The molecule has 0 saturated carbocycles. The number of hydrogen-bond donors (Lipinski definition) is 2. The predicted octanol–water partition coefficient (Wildman–Crippen LogP) is 2.31. The van der Waals surface area contributed by atoms with E-state index < -0.39 is 0 Å². The predicted molar refractivity (Wildman–Crippen MR) is 110 cm³/mol. The van der Waals surface area contributed by atoms with Crippen LogP contribution < -0.4 is 5.32 Å². The maximum atomic E-state index is 12.7. The van der Waals surface area contributed by atoms with Gasteiger partial charge < -0.3 is 19.5 Å². The normalized spacial score (nSPS) is 11.7. The Morgan fingerprint density at radius 1 is 1.21 bits per heavy atom. The van der Waals surface area contributed by atoms with E-state index in [0.29, 0.717) is 30.3 Å². The molecule has 1 amide bonds. The van der Waals surface area contributed by atoms with Gasteiger partial charge in [-0.05, 0) is 6.07 Å². The third-order valence-corrected chi connectivity index (χ3v) is 5.04. The fourth-order valence-electron chi connectivity index (χ4n) is 2.62. The Morgan fingerprint density at radius 2 is 2.00 bits per heavy atom. The lowest BCUT2D eigenvalue weighted by molar-refractivity contribution is -0.870.